The number of ether oxygens (including phenoxy) is 1. The molecular weight excluding hydrogens is 464 g/mol. The van der Waals surface area contributed by atoms with Crippen LogP contribution in [0, 0.1) is 11.8 Å². The van der Waals surface area contributed by atoms with Crippen LogP contribution in [0.4, 0.5) is 0 Å². The van der Waals surface area contributed by atoms with Crippen LogP contribution in [0.15, 0.2) is 4.52 Å². The number of hydrogen-bond donors (Lipinski definition) is 1. The van der Waals surface area contributed by atoms with E-state index >= 15 is 0 Å². The van der Waals surface area contributed by atoms with Crippen molar-refractivity contribution in [3.63, 3.8) is 0 Å². The van der Waals surface area contributed by atoms with Crippen molar-refractivity contribution >= 4 is 27.4 Å². The highest BCUT2D eigenvalue weighted by molar-refractivity contribution is 7.91. The third-order valence-corrected chi connectivity index (χ3v) is 8.32. The molecule has 0 radical (unpaired) electrons. The Morgan fingerprint density at radius 2 is 1.85 bits per heavy atom. The van der Waals surface area contributed by atoms with Crippen molar-refractivity contribution in [1.29, 1.82) is 0 Å². The summed E-state index contributed by atoms with van der Waals surface area (Å²) in [4.78, 5) is 44.6. The number of ketones is 1. The summed E-state index contributed by atoms with van der Waals surface area (Å²) in [5.41, 5.74) is 0. The molecule has 2 aliphatic carbocycles. The molecule has 34 heavy (non-hydrogen) atoms. The number of nitrogens with one attached hydrogen (secondary N) is 1. The molecule has 4 rings (SSSR count). The summed E-state index contributed by atoms with van der Waals surface area (Å²) in [5.74, 6) is -2.29. The van der Waals surface area contributed by atoms with E-state index in [4.69, 9.17) is 9.26 Å². The van der Waals surface area contributed by atoms with Crippen molar-refractivity contribution in [3.05, 3.63) is 11.7 Å². The van der Waals surface area contributed by atoms with Gasteiger partial charge >= 0.3 is 0 Å². The zero-order valence-corrected chi connectivity index (χ0v) is 20.2. The lowest BCUT2D eigenvalue weighted by Crippen LogP contribution is -2.47. The van der Waals surface area contributed by atoms with Crippen LogP contribution in [0.25, 0.3) is 0 Å². The van der Waals surface area contributed by atoms with Gasteiger partial charge in [0.25, 0.3) is 5.89 Å². The van der Waals surface area contributed by atoms with Gasteiger partial charge in [0.15, 0.2) is 15.7 Å². The molecule has 2 heterocycles. The zero-order valence-electron chi connectivity index (χ0n) is 19.4. The fraction of sp³-hybridized carbons (Fsp3) is 0.773. The molecule has 188 valence electrons. The molecular formula is C22H32N4O7S. The lowest BCUT2D eigenvalue weighted by atomic mass is 10.0. The first-order valence-corrected chi connectivity index (χ1v) is 13.8. The second-order valence-corrected chi connectivity index (χ2v) is 11.6. The molecule has 11 nitrogen and oxygen atoms in total. The molecule has 1 saturated heterocycles. The molecule has 0 unspecified atom stereocenters. The highest BCUT2D eigenvalue weighted by atomic mass is 32.2. The Hall–Kier alpha value is -2.34. The summed E-state index contributed by atoms with van der Waals surface area (Å²) in [6.07, 6.45) is 3.65. The summed E-state index contributed by atoms with van der Waals surface area (Å²) in [6.45, 7) is 3.33. The average Bonchev–Trinajstić information content (AvgIpc) is 3.76. The molecule has 0 aromatic carbocycles. The van der Waals surface area contributed by atoms with Crippen molar-refractivity contribution in [1.82, 2.24) is 20.4 Å². The number of hydrogen-bond acceptors (Lipinski definition) is 9. The maximum atomic E-state index is 13.2. The standard InChI is InChI=1S/C22H32N4O7S/c1-2-17(19(28)22-24-20(25-33-22)15-5-6-15)23-21(29)16(13-34(30,31)12-14-3-4-14)11-18(27)26-7-9-32-10-8-26/h14-17H,2-13H2,1H3,(H,23,29)/t16-,17-/m0/s1. The van der Waals surface area contributed by atoms with E-state index in [1.807, 2.05) is 0 Å². The predicted octanol–water partition coefficient (Wildman–Crippen LogP) is 0.714. The molecule has 1 aromatic heterocycles. The van der Waals surface area contributed by atoms with Gasteiger partial charge in [-0.1, -0.05) is 12.1 Å². The van der Waals surface area contributed by atoms with Gasteiger partial charge in [-0.25, -0.2) is 8.42 Å². The Bertz CT molecular complexity index is 1010. The van der Waals surface area contributed by atoms with Crippen LogP contribution < -0.4 is 5.32 Å². The van der Waals surface area contributed by atoms with E-state index < -0.39 is 39.2 Å². The molecule has 1 aromatic rings. The smallest absolute Gasteiger partial charge is 0.296 e. The van der Waals surface area contributed by atoms with Gasteiger partial charge in [-0.2, -0.15) is 4.98 Å². The minimum Gasteiger partial charge on any atom is -0.378 e. The first-order chi connectivity index (χ1) is 16.3. The molecule has 0 bridgehead atoms. The topological polar surface area (TPSA) is 149 Å². The number of sulfone groups is 1. The fourth-order valence-electron chi connectivity index (χ4n) is 4.03. The fourth-order valence-corrected chi connectivity index (χ4v) is 6.10. The minimum absolute atomic E-state index is 0.0184. The lowest BCUT2D eigenvalue weighted by Gasteiger charge is -2.28. The van der Waals surface area contributed by atoms with Gasteiger partial charge in [0.05, 0.1) is 36.7 Å². The maximum absolute atomic E-state index is 13.2. The van der Waals surface area contributed by atoms with Crippen LogP contribution in [0.1, 0.15) is 67.9 Å². The molecule has 3 fully saturated rings. The van der Waals surface area contributed by atoms with Crippen LogP contribution in [-0.2, 0) is 24.2 Å². The number of carbonyl (C=O) groups is 3. The zero-order chi connectivity index (χ0) is 24.3. The summed E-state index contributed by atoms with van der Waals surface area (Å²) in [5, 5.41) is 6.49. The van der Waals surface area contributed by atoms with Gasteiger partial charge in [-0.05, 0) is 38.0 Å². The second kappa shape index (κ2) is 10.5. The number of morpholine rings is 1. The molecule has 1 aliphatic heterocycles. The molecule has 3 aliphatic rings. The Morgan fingerprint density at radius 1 is 1.15 bits per heavy atom. The number of nitrogens with zero attached hydrogens (tertiary/aromatic N) is 3. The van der Waals surface area contributed by atoms with Crippen LogP contribution in [0.2, 0.25) is 0 Å². The molecule has 2 amide bonds. The predicted molar refractivity (Wildman–Crippen MR) is 120 cm³/mol. The van der Waals surface area contributed by atoms with Gasteiger partial charge < -0.3 is 19.5 Å². The molecule has 0 spiro atoms. The van der Waals surface area contributed by atoms with Crippen molar-refractivity contribution in [2.45, 2.75) is 57.4 Å². The average molecular weight is 497 g/mol. The number of Topliss-reactive ketones (excluding diaryl/α,β-unsaturated/α-hetero) is 1. The SMILES string of the molecule is CC[C@H](NC(=O)[C@@H](CC(=O)N1CCOCC1)CS(=O)(=O)CC1CC1)C(=O)c1nc(C2CC2)no1. The van der Waals surface area contributed by atoms with Crippen LogP contribution in [0.5, 0.6) is 0 Å². The molecule has 1 N–H and O–H groups in total. The molecule has 2 saturated carbocycles. The lowest BCUT2D eigenvalue weighted by molar-refractivity contribution is -0.139. The third-order valence-electron chi connectivity index (χ3n) is 6.43. The van der Waals surface area contributed by atoms with Crippen molar-refractivity contribution in [3.8, 4) is 0 Å². The Morgan fingerprint density at radius 3 is 2.47 bits per heavy atom. The van der Waals surface area contributed by atoms with Crippen molar-refractivity contribution in [2.75, 3.05) is 37.8 Å². The summed E-state index contributed by atoms with van der Waals surface area (Å²) in [7, 11) is -3.54. The summed E-state index contributed by atoms with van der Waals surface area (Å²) < 4.78 is 35.8. The number of aromatic nitrogens is 2. The van der Waals surface area contributed by atoms with E-state index in [-0.39, 0.29) is 42.2 Å². The summed E-state index contributed by atoms with van der Waals surface area (Å²) in [6, 6.07) is -0.952. The van der Waals surface area contributed by atoms with E-state index in [1.165, 1.54) is 0 Å². The third kappa shape index (κ3) is 6.62. The number of amides is 2. The first kappa shape index (κ1) is 24.8. The van der Waals surface area contributed by atoms with Crippen LogP contribution in [-0.4, -0.2) is 84.9 Å². The number of carbonyl (C=O) groups excluding carboxylic acids is 3. The molecule has 2 atom stereocenters. The Labute approximate surface area is 198 Å². The van der Waals surface area contributed by atoms with Crippen molar-refractivity contribution in [2.24, 2.45) is 11.8 Å². The van der Waals surface area contributed by atoms with Crippen molar-refractivity contribution < 1.29 is 32.1 Å². The maximum Gasteiger partial charge on any atom is 0.296 e. The van der Waals surface area contributed by atoms with E-state index in [0.717, 1.165) is 25.7 Å². The van der Waals surface area contributed by atoms with Crippen LogP contribution in [0.3, 0.4) is 0 Å². The monoisotopic (exact) mass is 496 g/mol. The van der Waals surface area contributed by atoms with Crippen LogP contribution >= 0.6 is 0 Å². The normalized spacial score (nSPS) is 20.6. The minimum atomic E-state index is -3.54. The Balaban J connectivity index is 1.44. The largest absolute Gasteiger partial charge is 0.378 e. The van der Waals surface area contributed by atoms with E-state index in [9.17, 15) is 22.8 Å². The van der Waals surface area contributed by atoms with Gasteiger partial charge in [-0.15, -0.1) is 0 Å². The number of rotatable bonds is 12. The van der Waals surface area contributed by atoms with Gasteiger partial charge in [0, 0.05) is 25.4 Å². The van der Waals surface area contributed by atoms with E-state index in [0.29, 0.717) is 32.1 Å². The second-order valence-electron chi connectivity index (χ2n) is 9.48. The first-order valence-electron chi connectivity index (χ1n) is 12.0. The summed E-state index contributed by atoms with van der Waals surface area (Å²) >= 11 is 0. The quantitative estimate of drug-likeness (QED) is 0.413. The van der Waals surface area contributed by atoms with Gasteiger partial charge in [0.1, 0.15) is 0 Å². The van der Waals surface area contributed by atoms with E-state index in [2.05, 4.69) is 15.5 Å². The highest BCUT2D eigenvalue weighted by Gasteiger charge is 2.36. The highest BCUT2D eigenvalue weighted by Crippen LogP contribution is 2.38. The van der Waals surface area contributed by atoms with Gasteiger partial charge in [-0.3, -0.25) is 14.4 Å². The molecule has 12 heteroatoms. The Kier molecular flexibility index (Phi) is 7.66. The van der Waals surface area contributed by atoms with Gasteiger partial charge in [0.2, 0.25) is 17.6 Å². The van der Waals surface area contributed by atoms with E-state index in [1.54, 1.807) is 11.8 Å².